The van der Waals surface area contributed by atoms with E-state index in [2.05, 4.69) is 0 Å². The molecule has 1 fully saturated rings. The Kier molecular flexibility index (Phi) is 8.16. The fourth-order valence-corrected chi connectivity index (χ4v) is 2.92. The second-order valence-corrected chi connectivity index (χ2v) is 6.50. The van der Waals surface area contributed by atoms with Crippen molar-refractivity contribution in [2.24, 2.45) is 0 Å². The molecule has 0 amide bonds. The van der Waals surface area contributed by atoms with Crippen LogP contribution in [0.15, 0.2) is 30.3 Å². The summed E-state index contributed by atoms with van der Waals surface area (Å²) < 4.78 is 32.6. The van der Waals surface area contributed by atoms with Crippen LogP contribution >= 0.6 is 0 Å². The second kappa shape index (κ2) is 10.6. The average Bonchev–Trinajstić information content (AvgIpc) is 2.64. The van der Waals surface area contributed by atoms with Gasteiger partial charge in [-0.3, -0.25) is 19.2 Å². The van der Waals surface area contributed by atoms with Gasteiger partial charge in [-0.1, -0.05) is 18.2 Å². The van der Waals surface area contributed by atoms with E-state index in [0.29, 0.717) is 5.75 Å². The van der Waals surface area contributed by atoms with E-state index in [1.807, 2.05) is 0 Å². The van der Waals surface area contributed by atoms with E-state index in [-0.39, 0.29) is 6.61 Å². The van der Waals surface area contributed by atoms with E-state index in [1.165, 1.54) is 6.92 Å². The number of hydrogen-bond donors (Lipinski definition) is 0. The Morgan fingerprint density at radius 3 is 1.83 bits per heavy atom. The van der Waals surface area contributed by atoms with Gasteiger partial charge in [0, 0.05) is 27.7 Å². The topological polar surface area (TPSA) is 124 Å². The number of benzene rings is 1. The maximum Gasteiger partial charge on any atom is 0.303 e. The molecular weight excluding hydrogens is 400 g/mol. The summed E-state index contributed by atoms with van der Waals surface area (Å²) >= 11 is 0. The first-order valence-electron chi connectivity index (χ1n) is 9.19. The first-order chi connectivity index (χ1) is 14.2. The highest BCUT2D eigenvalue weighted by Gasteiger charge is 2.53. The normalized spacial score (nSPS) is 25.5. The largest absolute Gasteiger partial charge is 0.463 e. The molecule has 0 aliphatic carbocycles. The van der Waals surface area contributed by atoms with Crippen molar-refractivity contribution in [1.82, 2.24) is 0 Å². The number of ether oxygens (including phenoxy) is 6. The Bertz CT molecular complexity index is 762. The van der Waals surface area contributed by atoms with Crippen molar-refractivity contribution in [3.8, 4) is 5.75 Å². The molecule has 5 unspecified atom stereocenters. The molecular formula is C20H24O10. The van der Waals surface area contributed by atoms with Gasteiger partial charge in [-0.15, -0.1) is 0 Å². The number of carbonyl (C=O) groups is 4. The SMILES string of the molecule is CC(=O)OCC1OC(Oc2ccccc2)C(OC(C)=O)C(OC(C)=O)C1OC(C)=O. The van der Waals surface area contributed by atoms with E-state index in [9.17, 15) is 19.2 Å². The quantitative estimate of drug-likeness (QED) is 0.465. The Morgan fingerprint density at radius 1 is 0.767 bits per heavy atom. The molecule has 164 valence electrons. The maximum atomic E-state index is 11.7. The average molecular weight is 424 g/mol. The highest BCUT2D eigenvalue weighted by molar-refractivity contribution is 5.68. The number of para-hydroxylation sites is 1. The third-order valence-electron chi connectivity index (χ3n) is 3.94. The zero-order chi connectivity index (χ0) is 22.3. The molecule has 0 aromatic heterocycles. The van der Waals surface area contributed by atoms with E-state index in [4.69, 9.17) is 28.4 Å². The van der Waals surface area contributed by atoms with Gasteiger partial charge in [0.2, 0.25) is 12.4 Å². The lowest BCUT2D eigenvalue weighted by Gasteiger charge is -2.43. The Labute approximate surface area is 173 Å². The Balaban J connectivity index is 2.42. The lowest BCUT2D eigenvalue weighted by atomic mass is 9.98. The summed E-state index contributed by atoms with van der Waals surface area (Å²) in [5, 5.41) is 0. The van der Waals surface area contributed by atoms with Crippen molar-refractivity contribution in [3.63, 3.8) is 0 Å². The minimum Gasteiger partial charge on any atom is -0.463 e. The van der Waals surface area contributed by atoms with Crippen molar-refractivity contribution in [3.05, 3.63) is 30.3 Å². The van der Waals surface area contributed by atoms with E-state index >= 15 is 0 Å². The monoisotopic (exact) mass is 424 g/mol. The lowest BCUT2D eigenvalue weighted by molar-refractivity contribution is -0.288. The fraction of sp³-hybridized carbons (Fsp3) is 0.500. The summed E-state index contributed by atoms with van der Waals surface area (Å²) in [4.78, 5) is 46.4. The van der Waals surface area contributed by atoms with Crippen LogP contribution in [0, 0.1) is 0 Å². The van der Waals surface area contributed by atoms with Gasteiger partial charge < -0.3 is 28.4 Å². The molecule has 1 aliphatic rings. The number of hydrogen-bond acceptors (Lipinski definition) is 10. The van der Waals surface area contributed by atoms with Crippen molar-refractivity contribution in [1.29, 1.82) is 0 Å². The second-order valence-electron chi connectivity index (χ2n) is 6.50. The van der Waals surface area contributed by atoms with Gasteiger partial charge in [-0.2, -0.15) is 0 Å². The molecule has 1 aliphatic heterocycles. The number of carbonyl (C=O) groups excluding carboxylic acids is 4. The summed E-state index contributed by atoms with van der Waals surface area (Å²) in [5.41, 5.74) is 0. The minimum absolute atomic E-state index is 0.313. The van der Waals surface area contributed by atoms with Gasteiger partial charge in [0.25, 0.3) is 0 Å². The maximum absolute atomic E-state index is 11.7. The molecule has 10 heteroatoms. The first-order valence-corrected chi connectivity index (χ1v) is 9.19. The zero-order valence-corrected chi connectivity index (χ0v) is 17.1. The van der Waals surface area contributed by atoms with Crippen LogP contribution in [0.2, 0.25) is 0 Å². The molecule has 0 saturated carbocycles. The van der Waals surface area contributed by atoms with Gasteiger partial charge in [-0.05, 0) is 12.1 Å². The number of esters is 4. The molecule has 0 bridgehead atoms. The van der Waals surface area contributed by atoms with Gasteiger partial charge >= 0.3 is 23.9 Å². The van der Waals surface area contributed by atoms with Crippen LogP contribution in [-0.2, 0) is 42.9 Å². The molecule has 0 N–H and O–H groups in total. The molecule has 10 nitrogen and oxygen atoms in total. The summed E-state index contributed by atoms with van der Waals surface area (Å²) in [7, 11) is 0. The first kappa shape index (κ1) is 23.1. The minimum atomic E-state index is -1.27. The van der Waals surface area contributed by atoms with Crippen LogP contribution in [0.4, 0.5) is 0 Å². The molecule has 5 atom stereocenters. The van der Waals surface area contributed by atoms with Gasteiger partial charge in [0.05, 0.1) is 0 Å². The van der Waals surface area contributed by atoms with Crippen LogP contribution in [0.5, 0.6) is 5.75 Å². The molecule has 30 heavy (non-hydrogen) atoms. The van der Waals surface area contributed by atoms with Gasteiger partial charge in [0.1, 0.15) is 18.5 Å². The van der Waals surface area contributed by atoms with Crippen LogP contribution in [0.3, 0.4) is 0 Å². The summed E-state index contributed by atoms with van der Waals surface area (Å²) in [6, 6.07) is 8.52. The highest BCUT2D eigenvalue weighted by atomic mass is 16.7. The predicted octanol–water partition coefficient (Wildman–Crippen LogP) is 1.15. The summed E-state index contributed by atoms with van der Waals surface area (Å²) in [6.45, 7) is 4.36. The van der Waals surface area contributed by atoms with Gasteiger partial charge in [0.15, 0.2) is 12.2 Å². The molecule has 1 saturated heterocycles. The molecule has 2 rings (SSSR count). The molecule has 1 aromatic rings. The van der Waals surface area contributed by atoms with E-state index in [1.54, 1.807) is 30.3 Å². The van der Waals surface area contributed by atoms with Crippen molar-refractivity contribution in [2.45, 2.75) is 58.4 Å². The fourth-order valence-electron chi connectivity index (χ4n) is 2.92. The lowest BCUT2D eigenvalue weighted by Crippen LogP contribution is -2.63. The number of rotatable bonds is 7. The molecule has 0 spiro atoms. The van der Waals surface area contributed by atoms with Gasteiger partial charge in [-0.25, -0.2) is 0 Å². The highest BCUT2D eigenvalue weighted by Crippen LogP contribution is 2.30. The summed E-state index contributed by atoms with van der Waals surface area (Å²) in [6.07, 6.45) is -6.04. The third kappa shape index (κ3) is 6.73. The Hall–Kier alpha value is -3.14. The van der Waals surface area contributed by atoms with Crippen molar-refractivity contribution in [2.75, 3.05) is 6.61 Å². The molecule has 0 radical (unpaired) electrons. The summed E-state index contributed by atoms with van der Waals surface area (Å²) in [5.74, 6) is -2.30. The van der Waals surface area contributed by atoms with E-state index < -0.39 is 54.6 Å². The molecule has 1 aromatic carbocycles. The van der Waals surface area contributed by atoms with Crippen LogP contribution in [0.1, 0.15) is 27.7 Å². The Morgan fingerprint density at radius 2 is 1.30 bits per heavy atom. The standard InChI is InChI=1S/C20H24O10/c1-11(21)25-10-16-17(26-12(2)22)18(27-13(3)23)19(28-14(4)24)20(30-16)29-15-8-6-5-7-9-15/h5-9,16-20H,10H2,1-4H3. The van der Waals surface area contributed by atoms with Crippen molar-refractivity contribution < 1.29 is 47.6 Å². The zero-order valence-electron chi connectivity index (χ0n) is 17.1. The van der Waals surface area contributed by atoms with Crippen LogP contribution in [-0.4, -0.2) is 61.2 Å². The van der Waals surface area contributed by atoms with Crippen molar-refractivity contribution >= 4 is 23.9 Å². The van der Waals surface area contributed by atoms with E-state index in [0.717, 1.165) is 20.8 Å². The van der Waals surface area contributed by atoms with Crippen LogP contribution in [0.25, 0.3) is 0 Å². The van der Waals surface area contributed by atoms with Crippen LogP contribution < -0.4 is 4.74 Å². The predicted molar refractivity (Wildman–Crippen MR) is 99.0 cm³/mol. The third-order valence-corrected chi connectivity index (χ3v) is 3.94. The smallest absolute Gasteiger partial charge is 0.303 e. The molecule has 1 heterocycles.